The highest BCUT2D eigenvalue weighted by Gasteiger charge is 2.54. The lowest BCUT2D eigenvalue weighted by molar-refractivity contribution is -0.379. The minimum absolute atomic E-state index is 0.234. The van der Waals surface area contributed by atoms with Gasteiger partial charge in [0.1, 0.15) is 73.2 Å². The van der Waals surface area contributed by atoms with E-state index in [0.717, 1.165) is 51.4 Å². The number of carbonyl (C=O) groups excluding carboxylic acids is 1. The first kappa shape index (κ1) is 92.7. The second-order valence-electron chi connectivity index (χ2n) is 29.2. The summed E-state index contributed by atoms with van der Waals surface area (Å²) in [7, 11) is 0. The van der Waals surface area contributed by atoms with Crippen LogP contribution in [0.1, 0.15) is 322 Å². The molecule has 1 amide bonds. The molecule has 3 saturated heterocycles. The molecule has 12 N–H and O–H groups in total. The van der Waals surface area contributed by atoms with Crippen LogP contribution < -0.4 is 5.32 Å². The molecule has 3 rings (SSSR count). The molecule has 0 aromatic carbocycles. The monoisotopic (exact) mass is 1440 g/mol. The lowest BCUT2D eigenvalue weighted by Crippen LogP contribution is -2.66. The number of carbonyl (C=O) groups is 1. The summed E-state index contributed by atoms with van der Waals surface area (Å²) in [6, 6.07) is -0.994. The van der Waals surface area contributed by atoms with Gasteiger partial charge in [0.15, 0.2) is 18.9 Å². The number of aliphatic hydroxyl groups is 11. The van der Waals surface area contributed by atoms with Crippen molar-refractivity contribution in [1.82, 2.24) is 5.32 Å². The van der Waals surface area contributed by atoms with Crippen molar-refractivity contribution in [1.29, 1.82) is 0 Å². The van der Waals surface area contributed by atoms with E-state index in [-0.39, 0.29) is 18.9 Å². The predicted molar refractivity (Wildman–Crippen MR) is 402 cm³/mol. The van der Waals surface area contributed by atoms with E-state index in [0.29, 0.717) is 12.8 Å². The Kier molecular flexibility index (Phi) is 57.4. The van der Waals surface area contributed by atoms with Crippen molar-refractivity contribution in [3.05, 3.63) is 60.8 Å². The van der Waals surface area contributed by atoms with Gasteiger partial charge >= 0.3 is 0 Å². The van der Waals surface area contributed by atoms with Gasteiger partial charge < -0.3 is 89.9 Å². The maximum Gasteiger partial charge on any atom is 0.220 e. The van der Waals surface area contributed by atoms with Crippen LogP contribution in [0, 0.1) is 0 Å². The number of unbranched alkanes of at least 4 members (excludes halogenated alkanes) is 41. The summed E-state index contributed by atoms with van der Waals surface area (Å²) < 4.78 is 34.4. The van der Waals surface area contributed by atoms with Crippen LogP contribution in [0.2, 0.25) is 0 Å². The quantitative estimate of drug-likeness (QED) is 0.0199. The number of allylic oxidation sites excluding steroid dienone is 9. The van der Waals surface area contributed by atoms with Gasteiger partial charge in [-0.3, -0.25) is 4.79 Å². The Morgan fingerprint density at radius 1 is 0.356 bits per heavy atom. The van der Waals surface area contributed by atoms with Crippen molar-refractivity contribution >= 4 is 5.91 Å². The summed E-state index contributed by atoms with van der Waals surface area (Å²) in [5.74, 6) is -0.283. The zero-order valence-electron chi connectivity index (χ0n) is 63.1. The number of ether oxygens (including phenoxy) is 6. The van der Waals surface area contributed by atoms with Crippen molar-refractivity contribution in [3.63, 3.8) is 0 Å². The van der Waals surface area contributed by atoms with Crippen LogP contribution in [0.25, 0.3) is 0 Å². The van der Waals surface area contributed by atoms with Crippen LogP contribution in [0.3, 0.4) is 0 Å². The number of amides is 1. The third-order valence-corrected chi connectivity index (χ3v) is 20.3. The van der Waals surface area contributed by atoms with E-state index in [4.69, 9.17) is 28.4 Å². The van der Waals surface area contributed by atoms with Gasteiger partial charge in [-0.2, -0.15) is 0 Å². The van der Waals surface area contributed by atoms with E-state index in [9.17, 15) is 61.0 Å². The minimum Gasteiger partial charge on any atom is -0.394 e. The topological polar surface area (TPSA) is 307 Å². The molecule has 19 nitrogen and oxygen atoms in total. The molecule has 0 aromatic heterocycles. The zero-order chi connectivity index (χ0) is 73.2. The molecule has 17 unspecified atom stereocenters. The summed E-state index contributed by atoms with van der Waals surface area (Å²) in [5.41, 5.74) is 0. The highest BCUT2D eigenvalue weighted by atomic mass is 16.8. The molecule has 0 bridgehead atoms. The first-order valence-corrected chi connectivity index (χ1v) is 41.0. The SMILES string of the molecule is CCCCCCC/C=C\C/C=C\C/C=C\CCCCCCCCCCCCCCCCC(=O)NC(COC1OC(CO)C(OC2OC(CO)C(OC3OC(CO)C(O)C(O)C3O)C(O)C2O)C(O)C1O)C(O)/C=C/CC/C=C/CCCCCCCCCCCCCCCCCCCCCCC. The molecule has 3 fully saturated rings. The van der Waals surface area contributed by atoms with Crippen LogP contribution in [0.15, 0.2) is 60.8 Å². The number of rotatable bonds is 65. The van der Waals surface area contributed by atoms with Gasteiger partial charge in [0.25, 0.3) is 0 Å². The predicted octanol–water partition coefficient (Wildman–Crippen LogP) is 13.8. The molecule has 3 aliphatic heterocycles. The van der Waals surface area contributed by atoms with E-state index in [1.807, 2.05) is 6.08 Å². The summed E-state index contributed by atoms with van der Waals surface area (Å²) >= 11 is 0. The van der Waals surface area contributed by atoms with Gasteiger partial charge in [-0.15, -0.1) is 0 Å². The molecular weight excluding hydrogens is 1290 g/mol. The lowest BCUT2D eigenvalue weighted by atomic mass is 9.96. The summed E-state index contributed by atoms with van der Waals surface area (Å²) in [6.07, 6.45) is 53.5. The average Bonchev–Trinajstić information content (AvgIpc) is 0.796. The van der Waals surface area contributed by atoms with Crippen LogP contribution in [-0.4, -0.2) is 193 Å². The van der Waals surface area contributed by atoms with Crippen LogP contribution >= 0.6 is 0 Å². The molecule has 17 atom stereocenters. The smallest absolute Gasteiger partial charge is 0.220 e. The molecule has 590 valence electrons. The van der Waals surface area contributed by atoms with Crippen molar-refractivity contribution in [2.75, 3.05) is 26.4 Å². The number of nitrogens with one attached hydrogen (secondary N) is 1. The van der Waals surface area contributed by atoms with Gasteiger partial charge in [-0.25, -0.2) is 0 Å². The molecule has 0 spiro atoms. The fourth-order valence-corrected chi connectivity index (χ4v) is 13.7. The van der Waals surface area contributed by atoms with E-state index in [1.54, 1.807) is 6.08 Å². The highest BCUT2D eigenvalue weighted by molar-refractivity contribution is 5.76. The molecular formula is C82H149NO18. The van der Waals surface area contributed by atoms with E-state index in [2.05, 4.69) is 67.8 Å². The van der Waals surface area contributed by atoms with Gasteiger partial charge in [0.2, 0.25) is 5.91 Å². The molecule has 3 aliphatic rings. The normalized spacial score (nSPS) is 26.6. The molecule has 0 aromatic rings. The molecule has 101 heavy (non-hydrogen) atoms. The minimum atomic E-state index is -1.98. The second-order valence-corrected chi connectivity index (χ2v) is 29.2. The Hall–Kier alpha value is -2.51. The number of hydrogen-bond donors (Lipinski definition) is 12. The molecule has 0 radical (unpaired) electrons. The Bertz CT molecular complexity index is 2060. The van der Waals surface area contributed by atoms with E-state index >= 15 is 0 Å². The number of hydrogen-bond acceptors (Lipinski definition) is 18. The summed E-state index contributed by atoms with van der Waals surface area (Å²) in [6.45, 7) is 1.75. The Balaban J connectivity index is 1.38. The maximum absolute atomic E-state index is 13.5. The fraction of sp³-hybridized carbons (Fsp3) is 0.866. The first-order chi connectivity index (χ1) is 49.3. The molecule has 0 aliphatic carbocycles. The lowest BCUT2D eigenvalue weighted by Gasteiger charge is -2.48. The largest absolute Gasteiger partial charge is 0.394 e. The maximum atomic E-state index is 13.5. The van der Waals surface area contributed by atoms with Gasteiger partial charge in [-0.1, -0.05) is 306 Å². The Morgan fingerprint density at radius 2 is 0.663 bits per heavy atom. The molecule has 19 heteroatoms. The summed E-state index contributed by atoms with van der Waals surface area (Å²) in [4.78, 5) is 13.5. The van der Waals surface area contributed by atoms with Gasteiger partial charge in [0, 0.05) is 6.42 Å². The van der Waals surface area contributed by atoms with E-state index in [1.165, 1.54) is 238 Å². The van der Waals surface area contributed by atoms with Crippen LogP contribution in [0.5, 0.6) is 0 Å². The second kappa shape index (κ2) is 62.5. The van der Waals surface area contributed by atoms with Crippen LogP contribution in [-0.2, 0) is 33.2 Å². The third-order valence-electron chi connectivity index (χ3n) is 20.3. The first-order valence-electron chi connectivity index (χ1n) is 41.0. The van der Waals surface area contributed by atoms with Crippen molar-refractivity contribution in [2.24, 2.45) is 0 Å². The van der Waals surface area contributed by atoms with Gasteiger partial charge in [0.05, 0.1) is 38.6 Å². The van der Waals surface area contributed by atoms with Gasteiger partial charge in [-0.05, 0) is 70.6 Å². The standard InChI is InChI=1S/C82H149NO18/c1-3-5-7-9-11-13-15-17-19-21-23-25-27-29-31-32-34-36-38-40-42-44-46-48-50-52-54-56-58-60-70(88)83-65(66(87)59-57-55-53-51-49-47-45-43-41-39-37-35-33-30-28-26-24-22-20-18-16-14-12-10-8-6-4-2)64-96-80-76(94)73(91)78(68(62-85)98-80)101-82-77(95)74(92)79(69(63-86)99-82)100-81-75(93)72(90)71(89)67(61-84)97-81/h15,17,21,23,27,29,49,51,57,59,65-69,71-82,84-87,89-95H,3-14,16,18-20,22,24-26,28,30-48,50,52-56,58,60-64H2,1-2H3,(H,83,88)/b17-15-,23-21-,29-27-,51-49+,59-57+. The van der Waals surface area contributed by atoms with Crippen LogP contribution in [0.4, 0.5) is 0 Å². The Morgan fingerprint density at radius 3 is 1.06 bits per heavy atom. The molecule has 0 saturated carbocycles. The Labute approximate surface area is 611 Å². The zero-order valence-corrected chi connectivity index (χ0v) is 63.1. The number of aliphatic hydroxyl groups excluding tert-OH is 11. The highest BCUT2D eigenvalue weighted by Crippen LogP contribution is 2.33. The van der Waals surface area contributed by atoms with Crippen molar-refractivity contribution < 1.29 is 89.4 Å². The average molecular weight is 1440 g/mol. The molecule has 3 heterocycles. The van der Waals surface area contributed by atoms with E-state index < -0.39 is 124 Å². The van der Waals surface area contributed by atoms with Crippen molar-refractivity contribution in [2.45, 2.75) is 426 Å². The summed E-state index contributed by atoms with van der Waals surface area (Å²) in [5, 5.41) is 121. The fourth-order valence-electron chi connectivity index (χ4n) is 13.7. The van der Waals surface area contributed by atoms with Crippen molar-refractivity contribution in [3.8, 4) is 0 Å². The third kappa shape index (κ3) is 42.6.